The zero-order valence-electron chi connectivity index (χ0n) is 10.1. The van der Waals surface area contributed by atoms with Crippen molar-refractivity contribution < 1.29 is 8.42 Å². The van der Waals surface area contributed by atoms with Crippen LogP contribution < -0.4 is 4.72 Å². The molecule has 0 saturated heterocycles. The summed E-state index contributed by atoms with van der Waals surface area (Å²) in [5, 5.41) is 6.55. The van der Waals surface area contributed by atoms with Crippen molar-refractivity contribution in [2.24, 2.45) is 4.99 Å². The molecule has 0 aliphatic heterocycles. The summed E-state index contributed by atoms with van der Waals surface area (Å²) in [6, 6.07) is 6.44. The van der Waals surface area contributed by atoms with E-state index < -0.39 is 15.3 Å². The number of hydrogen-bond acceptors (Lipinski definition) is 3. The lowest BCUT2D eigenvalue weighted by Gasteiger charge is -2.09. The second-order valence-corrected chi connectivity index (χ2v) is 5.66. The van der Waals surface area contributed by atoms with Gasteiger partial charge >= 0.3 is 0 Å². The Kier molecular flexibility index (Phi) is 4.86. The normalized spacial score (nSPS) is 12.3. The highest BCUT2D eigenvalue weighted by atomic mass is 35.5. The van der Waals surface area contributed by atoms with E-state index in [1.165, 1.54) is 12.1 Å². The lowest BCUT2D eigenvalue weighted by atomic mass is 10.2. The average molecular weight is 288 g/mol. The number of nitrogens with one attached hydrogen (secondary N) is 2. The molecule has 0 aromatic heterocycles. The summed E-state index contributed by atoms with van der Waals surface area (Å²) in [7, 11) is -3.67. The topological polar surface area (TPSA) is 82.4 Å². The van der Waals surface area contributed by atoms with Crippen molar-refractivity contribution in [2.75, 3.05) is 0 Å². The number of aryl methyl sites for hydroxylation is 1. The van der Waals surface area contributed by atoms with E-state index in [1.54, 1.807) is 19.1 Å². The van der Waals surface area contributed by atoms with Gasteiger partial charge in [0, 0.05) is 6.42 Å². The second kappa shape index (κ2) is 5.97. The molecule has 0 bridgehead atoms. The third kappa shape index (κ3) is 4.12. The lowest BCUT2D eigenvalue weighted by Crippen LogP contribution is -2.30. The summed E-state index contributed by atoms with van der Waals surface area (Å²) < 4.78 is 26.3. The van der Waals surface area contributed by atoms with Gasteiger partial charge in [-0.2, -0.15) is 0 Å². The minimum absolute atomic E-state index is 0.135. The van der Waals surface area contributed by atoms with Gasteiger partial charge in [-0.15, -0.1) is 0 Å². The molecule has 1 aromatic carbocycles. The molecule has 0 heterocycles. The van der Waals surface area contributed by atoms with Crippen LogP contribution in [0.4, 0.5) is 0 Å². The van der Waals surface area contributed by atoms with Crippen LogP contribution in [0.25, 0.3) is 0 Å². The monoisotopic (exact) mass is 287 g/mol. The van der Waals surface area contributed by atoms with Gasteiger partial charge in [-0.25, -0.2) is 13.4 Å². The zero-order chi connectivity index (χ0) is 13.8. The van der Waals surface area contributed by atoms with Crippen molar-refractivity contribution in [1.82, 2.24) is 4.72 Å². The summed E-state index contributed by atoms with van der Waals surface area (Å²) in [6.45, 7) is 3.59. The maximum absolute atomic E-state index is 12.0. The highest BCUT2D eigenvalue weighted by Crippen LogP contribution is 2.10. The van der Waals surface area contributed by atoms with E-state index in [4.69, 9.17) is 17.0 Å². The minimum Gasteiger partial charge on any atom is -0.272 e. The molecule has 1 aromatic rings. The van der Waals surface area contributed by atoms with E-state index in [-0.39, 0.29) is 10.7 Å². The molecule has 0 spiro atoms. The Morgan fingerprint density at radius 3 is 2.39 bits per heavy atom. The third-order valence-electron chi connectivity index (χ3n) is 2.15. The number of sulfonamides is 1. The van der Waals surface area contributed by atoms with Crippen LogP contribution in [0, 0.1) is 12.3 Å². The van der Waals surface area contributed by atoms with Gasteiger partial charge in [0.1, 0.15) is 5.84 Å². The van der Waals surface area contributed by atoms with Gasteiger partial charge in [-0.1, -0.05) is 24.6 Å². The molecular formula is C11H14ClN3O2S. The molecular weight excluding hydrogens is 274 g/mol. The van der Waals surface area contributed by atoms with E-state index in [0.717, 1.165) is 5.56 Å². The summed E-state index contributed by atoms with van der Waals surface area (Å²) in [6.07, 6.45) is 0.334. The van der Waals surface area contributed by atoms with Crippen LogP contribution in [0.2, 0.25) is 0 Å². The van der Waals surface area contributed by atoms with E-state index in [0.29, 0.717) is 6.42 Å². The van der Waals surface area contributed by atoms with Crippen molar-refractivity contribution in [3.63, 3.8) is 0 Å². The van der Waals surface area contributed by atoms with Crippen LogP contribution >= 0.6 is 11.6 Å². The molecule has 1 rings (SSSR count). The fraction of sp³-hybridized carbons (Fsp3) is 0.273. The summed E-state index contributed by atoms with van der Waals surface area (Å²) in [4.78, 5) is 3.75. The average Bonchev–Trinajstić information content (AvgIpc) is 2.27. The molecule has 0 saturated carbocycles. The van der Waals surface area contributed by atoms with Gasteiger partial charge in [0.05, 0.1) is 4.90 Å². The zero-order valence-corrected chi connectivity index (χ0v) is 11.6. The van der Waals surface area contributed by atoms with E-state index >= 15 is 0 Å². The van der Waals surface area contributed by atoms with Crippen LogP contribution in [0.1, 0.15) is 18.9 Å². The van der Waals surface area contributed by atoms with Crippen LogP contribution in [0.15, 0.2) is 34.2 Å². The van der Waals surface area contributed by atoms with E-state index in [1.807, 2.05) is 6.92 Å². The predicted octanol–water partition coefficient (Wildman–Crippen LogP) is 2.26. The van der Waals surface area contributed by atoms with Crippen molar-refractivity contribution in [2.45, 2.75) is 25.2 Å². The number of rotatable bonds is 3. The number of amidine groups is 2. The van der Waals surface area contributed by atoms with Gasteiger partial charge in [-0.3, -0.25) is 10.1 Å². The molecule has 98 valence electrons. The molecule has 7 heteroatoms. The van der Waals surface area contributed by atoms with E-state index in [2.05, 4.69) is 9.71 Å². The van der Waals surface area contributed by atoms with Crippen molar-refractivity contribution in [3.05, 3.63) is 29.8 Å². The summed E-state index contributed by atoms with van der Waals surface area (Å²) in [5.74, 6) is 0.135. The first kappa shape index (κ1) is 14.7. The maximum atomic E-state index is 12.0. The first-order chi connectivity index (χ1) is 8.35. The van der Waals surface area contributed by atoms with Crippen LogP contribution in [0.5, 0.6) is 0 Å². The summed E-state index contributed by atoms with van der Waals surface area (Å²) >= 11 is 5.31. The largest absolute Gasteiger partial charge is 0.272 e. The Morgan fingerprint density at radius 2 is 1.94 bits per heavy atom. The number of aliphatic imine (C=N–C) groups is 1. The van der Waals surface area contributed by atoms with Crippen LogP contribution in [-0.2, 0) is 10.0 Å². The van der Waals surface area contributed by atoms with Crippen LogP contribution in [0.3, 0.4) is 0 Å². The van der Waals surface area contributed by atoms with Crippen molar-refractivity contribution in [3.8, 4) is 0 Å². The highest BCUT2D eigenvalue weighted by molar-refractivity contribution is 7.90. The fourth-order valence-corrected chi connectivity index (χ4v) is 2.44. The maximum Gasteiger partial charge on any atom is 0.262 e. The summed E-state index contributed by atoms with van der Waals surface area (Å²) in [5.41, 5.74) is 0.973. The first-order valence-corrected chi connectivity index (χ1v) is 7.12. The van der Waals surface area contributed by atoms with Crippen molar-refractivity contribution >= 4 is 32.8 Å². The molecule has 0 amide bonds. The molecule has 2 N–H and O–H groups in total. The standard InChI is InChI=1S/C11H14ClN3O2S/c1-3-10(14-11(12)13)15-18(16,17)9-6-4-8(2)5-7-9/h4-7H,3H2,1-2H3,(H2,13,14,15). The minimum atomic E-state index is -3.67. The predicted molar refractivity (Wildman–Crippen MR) is 72.8 cm³/mol. The van der Waals surface area contributed by atoms with Gasteiger partial charge < -0.3 is 0 Å². The van der Waals surface area contributed by atoms with Gasteiger partial charge in [0.25, 0.3) is 10.0 Å². The van der Waals surface area contributed by atoms with Gasteiger partial charge in [-0.05, 0) is 30.7 Å². The molecule has 5 nitrogen and oxygen atoms in total. The van der Waals surface area contributed by atoms with Gasteiger partial charge in [0.2, 0.25) is 5.29 Å². The lowest BCUT2D eigenvalue weighted by molar-refractivity contribution is 0.592. The SMILES string of the molecule is CC/C(=N\C(=N)Cl)NS(=O)(=O)c1ccc(C)cc1. The first-order valence-electron chi connectivity index (χ1n) is 5.26. The fourth-order valence-electron chi connectivity index (χ4n) is 1.22. The molecule has 0 unspecified atom stereocenters. The molecule has 0 fully saturated rings. The second-order valence-electron chi connectivity index (χ2n) is 3.62. The Bertz CT molecular complexity index is 564. The third-order valence-corrected chi connectivity index (χ3v) is 3.63. The smallest absolute Gasteiger partial charge is 0.262 e. The molecule has 0 aliphatic carbocycles. The number of nitrogens with zero attached hydrogens (tertiary/aromatic N) is 1. The Morgan fingerprint density at radius 1 is 1.39 bits per heavy atom. The van der Waals surface area contributed by atoms with E-state index in [9.17, 15) is 8.42 Å². The number of benzene rings is 1. The number of hydrogen-bond donors (Lipinski definition) is 2. The Hall–Kier alpha value is -1.40. The quantitative estimate of drug-likeness (QED) is 0.508. The Labute approximate surface area is 111 Å². The van der Waals surface area contributed by atoms with Crippen LogP contribution in [-0.4, -0.2) is 19.5 Å². The number of halogens is 1. The molecule has 0 atom stereocenters. The Balaban J connectivity index is 3.01. The molecule has 18 heavy (non-hydrogen) atoms. The van der Waals surface area contributed by atoms with Crippen molar-refractivity contribution in [1.29, 1.82) is 5.41 Å². The molecule has 0 aliphatic rings. The molecule has 0 radical (unpaired) electrons. The highest BCUT2D eigenvalue weighted by Gasteiger charge is 2.15. The van der Waals surface area contributed by atoms with Gasteiger partial charge in [0.15, 0.2) is 0 Å².